The number of hydrogen-bond donors (Lipinski definition) is 2. The highest BCUT2D eigenvalue weighted by Gasteiger charge is 2.10. The molecule has 118 valence electrons. The van der Waals surface area contributed by atoms with Crippen LogP contribution in [0.1, 0.15) is 13.8 Å². The Morgan fingerprint density at radius 1 is 1.36 bits per heavy atom. The van der Waals surface area contributed by atoms with Crippen LogP contribution in [0.3, 0.4) is 0 Å². The molecule has 0 aliphatic carbocycles. The number of anilines is 2. The van der Waals surface area contributed by atoms with E-state index in [2.05, 4.69) is 34.7 Å². The van der Waals surface area contributed by atoms with E-state index in [1.807, 2.05) is 0 Å². The molecule has 2 aromatic rings. The van der Waals surface area contributed by atoms with Gasteiger partial charge >= 0.3 is 0 Å². The van der Waals surface area contributed by atoms with Crippen molar-refractivity contribution in [3.63, 3.8) is 0 Å². The van der Waals surface area contributed by atoms with Crippen molar-refractivity contribution in [2.75, 3.05) is 22.9 Å². The highest BCUT2D eigenvalue weighted by Crippen LogP contribution is 2.25. The van der Waals surface area contributed by atoms with E-state index in [9.17, 15) is 9.18 Å². The van der Waals surface area contributed by atoms with Gasteiger partial charge in [0.1, 0.15) is 5.82 Å². The van der Waals surface area contributed by atoms with E-state index in [-0.39, 0.29) is 17.3 Å². The van der Waals surface area contributed by atoms with Crippen LogP contribution in [-0.2, 0) is 4.79 Å². The summed E-state index contributed by atoms with van der Waals surface area (Å²) in [7, 11) is 0. The molecule has 0 saturated heterocycles. The standard InChI is InChI=1S/C14H17FN4OS2/c1-9(2)7-16-13-18-19-14(22-13)21-8-12(20)17-11-6-4-3-5-10(11)15/h3-6,9H,7-8H2,1-2H3,(H,16,18)(H,17,20). The maximum atomic E-state index is 13.4. The molecule has 1 aromatic heterocycles. The number of benzene rings is 1. The maximum absolute atomic E-state index is 13.4. The van der Waals surface area contributed by atoms with Crippen LogP contribution in [0.15, 0.2) is 28.6 Å². The molecule has 0 radical (unpaired) electrons. The van der Waals surface area contributed by atoms with Gasteiger partial charge in [0.05, 0.1) is 11.4 Å². The molecule has 1 aromatic carbocycles. The SMILES string of the molecule is CC(C)CNc1nnc(SCC(=O)Nc2ccccc2F)s1. The zero-order chi connectivity index (χ0) is 15.9. The molecule has 0 fully saturated rings. The average Bonchev–Trinajstić information content (AvgIpc) is 2.93. The molecule has 8 heteroatoms. The number of para-hydroxylation sites is 1. The number of nitrogens with one attached hydrogen (secondary N) is 2. The van der Waals surface area contributed by atoms with Gasteiger partial charge in [-0.05, 0) is 18.1 Å². The van der Waals surface area contributed by atoms with Gasteiger partial charge in [-0.3, -0.25) is 4.79 Å². The van der Waals surface area contributed by atoms with Crippen LogP contribution in [0.25, 0.3) is 0 Å². The number of hydrogen-bond acceptors (Lipinski definition) is 6. The van der Waals surface area contributed by atoms with Gasteiger partial charge < -0.3 is 10.6 Å². The Balaban J connectivity index is 1.80. The number of amides is 1. The molecule has 1 heterocycles. The van der Waals surface area contributed by atoms with E-state index in [1.54, 1.807) is 12.1 Å². The first-order chi connectivity index (χ1) is 10.5. The minimum Gasteiger partial charge on any atom is -0.360 e. The third kappa shape index (κ3) is 5.27. The van der Waals surface area contributed by atoms with Crippen molar-refractivity contribution in [3.05, 3.63) is 30.1 Å². The third-order valence-electron chi connectivity index (χ3n) is 2.54. The molecule has 0 aliphatic heterocycles. The van der Waals surface area contributed by atoms with Crippen LogP contribution in [0.4, 0.5) is 15.2 Å². The Labute approximate surface area is 136 Å². The van der Waals surface area contributed by atoms with Crippen molar-refractivity contribution in [2.24, 2.45) is 5.92 Å². The summed E-state index contributed by atoms with van der Waals surface area (Å²) < 4.78 is 14.1. The van der Waals surface area contributed by atoms with Crippen LogP contribution < -0.4 is 10.6 Å². The van der Waals surface area contributed by atoms with Gasteiger partial charge in [0.15, 0.2) is 4.34 Å². The van der Waals surface area contributed by atoms with Crippen LogP contribution in [0.5, 0.6) is 0 Å². The quantitative estimate of drug-likeness (QED) is 0.756. The van der Waals surface area contributed by atoms with Crippen molar-refractivity contribution in [2.45, 2.75) is 18.2 Å². The number of halogens is 1. The minimum atomic E-state index is -0.447. The number of thioether (sulfide) groups is 1. The molecule has 0 atom stereocenters. The molecule has 1 amide bonds. The molecule has 0 spiro atoms. The third-order valence-corrected chi connectivity index (χ3v) is 4.56. The average molecular weight is 340 g/mol. The van der Waals surface area contributed by atoms with Gasteiger partial charge in [-0.1, -0.05) is 49.1 Å². The van der Waals surface area contributed by atoms with Crippen LogP contribution in [0.2, 0.25) is 0 Å². The maximum Gasteiger partial charge on any atom is 0.234 e. The van der Waals surface area contributed by atoms with Crippen LogP contribution in [-0.4, -0.2) is 28.4 Å². The lowest BCUT2D eigenvalue weighted by Gasteiger charge is -2.04. The smallest absolute Gasteiger partial charge is 0.234 e. The zero-order valence-electron chi connectivity index (χ0n) is 12.3. The molecule has 2 N–H and O–H groups in total. The van der Waals surface area contributed by atoms with E-state index in [0.717, 1.165) is 11.7 Å². The lowest BCUT2D eigenvalue weighted by Crippen LogP contribution is -2.14. The minimum absolute atomic E-state index is 0.160. The lowest BCUT2D eigenvalue weighted by molar-refractivity contribution is -0.113. The molecular formula is C14H17FN4OS2. The number of carbonyl (C=O) groups is 1. The van der Waals surface area contributed by atoms with E-state index < -0.39 is 5.82 Å². The molecule has 0 bridgehead atoms. The second-order valence-electron chi connectivity index (χ2n) is 4.96. The van der Waals surface area contributed by atoms with E-state index in [4.69, 9.17) is 0 Å². The van der Waals surface area contributed by atoms with E-state index in [0.29, 0.717) is 10.3 Å². The highest BCUT2D eigenvalue weighted by molar-refractivity contribution is 8.01. The summed E-state index contributed by atoms with van der Waals surface area (Å²) in [5.41, 5.74) is 0.185. The second kappa shape index (κ2) is 8.09. The second-order valence-corrected chi connectivity index (χ2v) is 7.16. The first kappa shape index (κ1) is 16.7. The summed E-state index contributed by atoms with van der Waals surface area (Å²) in [4.78, 5) is 11.8. The van der Waals surface area contributed by atoms with E-state index >= 15 is 0 Å². The van der Waals surface area contributed by atoms with Crippen molar-refractivity contribution in [1.29, 1.82) is 0 Å². The van der Waals surface area contributed by atoms with Gasteiger partial charge in [0.25, 0.3) is 0 Å². The van der Waals surface area contributed by atoms with Crippen molar-refractivity contribution in [1.82, 2.24) is 10.2 Å². The first-order valence-electron chi connectivity index (χ1n) is 6.79. The largest absolute Gasteiger partial charge is 0.360 e. The van der Waals surface area contributed by atoms with Crippen molar-refractivity contribution >= 4 is 39.8 Å². The monoisotopic (exact) mass is 340 g/mol. The van der Waals surface area contributed by atoms with Gasteiger partial charge in [-0.2, -0.15) is 0 Å². The number of nitrogens with zero attached hydrogens (tertiary/aromatic N) is 2. The number of rotatable bonds is 7. The topological polar surface area (TPSA) is 66.9 Å². The van der Waals surface area contributed by atoms with Crippen molar-refractivity contribution < 1.29 is 9.18 Å². The summed E-state index contributed by atoms with van der Waals surface area (Å²) in [6.45, 7) is 5.04. The summed E-state index contributed by atoms with van der Waals surface area (Å²) in [5, 5.41) is 14.5. The number of carbonyl (C=O) groups excluding carboxylic acids is 1. The predicted molar refractivity (Wildman–Crippen MR) is 89.0 cm³/mol. The molecule has 0 aliphatic rings. The molecule has 5 nitrogen and oxygen atoms in total. The Hall–Kier alpha value is -1.67. The Bertz CT molecular complexity index is 633. The highest BCUT2D eigenvalue weighted by atomic mass is 32.2. The molecular weight excluding hydrogens is 323 g/mol. The number of aromatic nitrogens is 2. The summed E-state index contributed by atoms with van der Waals surface area (Å²) in [6.07, 6.45) is 0. The van der Waals surface area contributed by atoms with Gasteiger partial charge in [0.2, 0.25) is 11.0 Å². The van der Waals surface area contributed by atoms with Crippen LogP contribution >= 0.6 is 23.1 Å². The Morgan fingerprint density at radius 2 is 2.14 bits per heavy atom. The van der Waals surface area contributed by atoms with Gasteiger partial charge in [0, 0.05) is 6.54 Å². The molecule has 2 rings (SSSR count). The fourth-order valence-corrected chi connectivity index (χ4v) is 3.07. The summed E-state index contributed by atoms with van der Waals surface area (Å²) in [5.74, 6) is -0.0434. The zero-order valence-corrected chi connectivity index (χ0v) is 13.9. The normalized spacial score (nSPS) is 10.7. The molecule has 22 heavy (non-hydrogen) atoms. The first-order valence-corrected chi connectivity index (χ1v) is 8.59. The fraction of sp³-hybridized carbons (Fsp3) is 0.357. The fourth-order valence-electron chi connectivity index (χ4n) is 1.51. The molecule has 0 unspecified atom stereocenters. The van der Waals surface area contributed by atoms with Gasteiger partial charge in [-0.25, -0.2) is 4.39 Å². The summed E-state index contributed by atoms with van der Waals surface area (Å²) in [6, 6.07) is 6.08. The predicted octanol–water partition coefficient (Wildman–Crippen LogP) is 3.48. The Kier molecular flexibility index (Phi) is 6.14. The van der Waals surface area contributed by atoms with Crippen molar-refractivity contribution in [3.8, 4) is 0 Å². The summed E-state index contributed by atoms with van der Waals surface area (Å²) >= 11 is 2.68. The molecule has 0 saturated carbocycles. The van der Waals surface area contributed by atoms with Crippen LogP contribution in [0, 0.1) is 11.7 Å². The van der Waals surface area contributed by atoms with Gasteiger partial charge in [-0.15, -0.1) is 10.2 Å². The lowest BCUT2D eigenvalue weighted by atomic mass is 10.2. The van der Waals surface area contributed by atoms with E-state index in [1.165, 1.54) is 35.2 Å². The Morgan fingerprint density at radius 3 is 2.86 bits per heavy atom.